The maximum absolute atomic E-state index is 13.2. The second-order valence-corrected chi connectivity index (χ2v) is 8.16. The van der Waals surface area contributed by atoms with Gasteiger partial charge in [0.1, 0.15) is 29.7 Å². The van der Waals surface area contributed by atoms with Crippen LogP contribution >= 0.6 is 0 Å². The van der Waals surface area contributed by atoms with E-state index in [1.165, 1.54) is 5.56 Å². The van der Waals surface area contributed by atoms with Crippen molar-refractivity contribution in [2.24, 2.45) is 0 Å². The fraction of sp³-hybridized carbons (Fsp3) is 0.222. The lowest BCUT2D eigenvalue weighted by Crippen LogP contribution is -2.32. The summed E-state index contributed by atoms with van der Waals surface area (Å²) in [6, 6.07) is 17.6. The van der Waals surface area contributed by atoms with Gasteiger partial charge in [0, 0.05) is 35.8 Å². The summed E-state index contributed by atoms with van der Waals surface area (Å²) >= 11 is 0. The van der Waals surface area contributed by atoms with Crippen LogP contribution in [0.4, 0.5) is 0 Å². The van der Waals surface area contributed by atoms with Crippen LogP contribution in [0.1, 0.15) is 32.6 Å². The van der Waals surface area contributed by atoms with E-state index in [1.807, 2.05) is 43.3 Å². The fourth-order valence-corrected chi connectivity index (χ4v) is 4.32. The summed E-state index contributed by atoms with van der Waals surface area (Å²) in [5.41, 5.74) is 4.37. The first kappa shape index (κ1) is 21.1. The molecule has 33 heavy (non-hydrogen) atoms. The van der Waals surface area contributed by atoms with Crippen molar-refractivity contribution >= 4 is 11.9 Å². The Morgan fingerprint density at radius 1 is 1.03 bits per heavy atom. The van der Waals surface area contributed by atoms with Crippen molar-refractivity contribution in [2.45, 2.75) is 20.0 Å². The number of ketones is 1. The van der Waals surface area contributed by atoms with Gasteiger partial charge in [-0.1, -0.05) is 30.3 Å². The molecule has 0 aromatic heterocycles. The Morgan fingerprint density at radius 2 is 1.85 bits per heavy atom. The van der Waals surface area contributed by atoms with Gasteiger partial charge in [-0.25, -0.2) is 0 Å². The van der Waals surface area contributed by atoms with Crippen LogP contribution in [-0.4, -0.2) is 31.6 Å². The Balaban J connectivity index is 1.43. The smallest absolute Gasteiger partial charge is 0.231 e. The lowest BCUT2D eigenvalue weighted by atomic mass is 9.99. The van der Waals surface area contributed by atoms with Crippen molar-refractivity contribution in [3.05, 3.63) is 88.2 Å². The molecule has 3 aromatic rings. The molecule has 6 nitrogen and oxygen atoms in total. The first-order valence-electron chi connectivity index (χ1n) is 10.8. The molecule has 6 heteroatoms. The normalized spacial score (nSPS) is 16.1. The molecule has 0 spiro atoms. The molecule has 2 aliphatic heterocycles. The number of carbonyl (C=O) groups is 1. The van der Waals surface area contributed by atoms with E-state index in [2.05, 4.69) is 17.0 Å². The number of rotatable bonds is 5. The number of Topliss-reactive ketones (excluding diaryl/α,β-unsaturated/α-hetero) is 1. The number of carbonyl (C=O) groups excluding carboxylic acids is 1. The molecular weight excluding hydrogens is 418 g/mol. The van der Waals surface area contributed by atoms with Gasteiger partial charge in [-0.15, -0.1) is 0 Å². The zero-order valence-corrected chi connectivity index (χ0v) is 18.9. The molecule has 0 radical (unpaired) electrons. The Kier molecular flexibility index (Phi) is 5.52. The van der Waals surface area contributed by atoms with Crippen molar-refractivity contribution < 1.29 is 23.7 Å². The van der Waals surface area contributed by atoms with E-state index in [0.29, 0.717) is 36.1 Å². The molecule has 3 aromatic carbocycles. The second kappa shape index (κ2) is 8.64. The summed E-state index contributed by atoms with van der Waals surface area (Å²) < 4.78 is 22.8. The van der Waals surface area contributed by atoms with Gasteiger partial charge in [0.2, 0.25) is 5.78 Å². The predicted octanol–water partition coefficient (Wildman–Crippen LogP) is 4.98. The van der Waals surface area contributed by atoms with Crippen LogP contribution in [0.3, 0.4) is 0 Å². The van der Waals surface area contributed by atoms with Crippen molar-refractivity contribution in [1.82, 2.24) is 4.90 Å². The summed E-state index contributed by atoms with van der Waals surface area (Å²) in [5, 5.41) is 0. The van der Waals surface area contributed by atoms with Crippen LogP contribution in [0.25, 0.3) is 6.08 Å². The van der Waals surface area contributed by atoms with E-state index < -0.39 is 0 Å². The molecular formula is C27H25NO5. The van der Waals surface area contributed by atoms with E-state index in [1.54, 1.807) is 26.4 Å². The standard InChI is InChI=1S/C27H25NO5/c1-17-26-20(15-28(16-32-26)14-18-7-5-4-6-8-18)11-22-25(29)24(33-27(17)22)12-19-9-10-21(30-2)13-23(19)31-3/h4-13H,14-16H2,1-3H3/b24-12-. The maximum Gasteiger partial charge on any atom is 0.231 e. The zero-order chi connectivity index (χ0) is 22.9. The molecule has 2 aliphatic rings. The molecule has 0 unspecified atom stereocenters. The van der Waals surface area contributed by atoms with Crippen LogP contribution in [-0.2, 0) is 13.1 Å². The van der Waals surface area contributed by atoms with Crippen molar-refractivity contribution in [3.8, 4) is 23.0 Å². The number of methoxy groups -OCH3 is 2. The Bertz CT molecular complexity index is 1250. The summed E-state index contributed by atoms with van der Waals surface area (Å²) in [5.74, 6) is 2.76. The van der Waals surface area contributed by atoms with E-state index in [9.17, 15) is 4.79 Å². The summed E-state index contributed by atoms with van der Waals surface area (Å²) in [7, 11) is 3.18. The molecule has 5 rings (SSSR count). The van der Waals surface area contributed by atoms with E-state index in [-0.39, 0.29) is 11.5 Å². The number of allylic oxidation sites excluding steroid dienone is 1. The van der Waals surface area contributed by atoms with Gasteiger partial charge in [0.15, 0.2) is 5.76 Å². The molecule has 168 valence electrons. The highest BCUT2D eigenvalue weighted by Gasteiger charge is 2.33. The van der Waals surface area contributed by atoms with Crippen LogP contribution in [0.2, 0.25) is 0 Å². The molecule has 0 aliphatic carbocycles. The number of benzene rings is 3. The number of fused-ring (bicyclic) bond motifs is 2. The van der Waals surface area contributed by atoms with E-state index in [4.69, 9.17) is 18.9 Å². The largest absolute Gasteiger partial charge is 0.497 e. The number of hydrogen-bond donors (Lipinski definition) is 0. The van der Waals surface area contributed by atoms with Gasteiger partial charge < -0.3 is 18.9 Å². The predicted molar refractivity (Wildman–Crippen MR) is 125 cm³/mol. The van der Waals surface area contributed by atoms with Crippen LogP contribution in [0.5, 0.6) is 23.0 Å². The van der Waals surface area contributed by atoms with Gasteiger partial charge in [0.25, 0.3) is 0 Å². The topological polar surface area (TPSA) is 57.2 Å². The van der Waals surface area contributed by atoms with Crippen molar-refractivity contribution in [2.75, 3.05) is 21.0 Å². The van der Waals surface area contributed by atoms with Crippen LogP contribution < -0.4 is 18.9 Å². The Hall–Kier alpha value is -3.77. The van der Waals surface area contributed by atoms with Crippen molar-refractivity contribution in [1.29, 1.82) is 0 Å². The third kappa shape index (κ3) is 3.94. The van der Waals surface area contributed by atoms with Gasteiger partial charge >= 0.3 is 0 Å². The average Bonchev–Trinajstić information content (AvgIpc) is 3.15. The fourth-order valence-electron chi connectivity index (χ4n) is 4.32. The summed E-state index contributed by atoms with van der Waals surface area (Å²) in [6.07, 6.45) is 1.71. The minimum absolute atomic E-state index is 0.144. The molecule has 0 fully saturated rings. The number of hydrogen-bond acceptors (Lipinski definition) is 6. The minimum atomic E-state index is -0.144. The minimum Gasteiger partial charge on any atom is -0.497 e. The molecule has 0 atom stereocenters. The molecule has 0 bridgehead atoms. The first-order chi connectivity index (χ1) is 16.1. The lowest BCUT2D eigenvalue weighted by molar-refractivity contribution is 0.0876. The van der Waals surface area contributed by atoms with Crippen molar-refractivity contribution in [3.63, 3.8) is 0 Å². The van der Waals surface area contributed by atoms with Gasteiger partial charge in [-0.05, 0) is 36.8 Å². The SMILES string of the molecule is COc1ccc(/C=C2\Oc3c(cc4c(c3C)OCN(Cc3ccccc3)C4)C2=O)c(OC)c1. The first-order valence-corrected chi connectivity index (χ1v) is 10.8. The quantitative estimate of drug-likeness (QED) is 0.519. The second-order valence-electron chi connectivity index (χ2n) is 8.16. The highest BCUT2D eigenvalue weighted by molar-refractivity contribution is 6.15. The van der Waals surface area contributed by atoms with Crippen LogP contribution in [0, 0.1) is 6.92 Å². The monoisotopic (exact) mass is 443 g/mol. The lowest BCUT2D eigenvalue weighted by Gasteiger charge is -2.30. The molecule has 2 heterocycles. The Morgan fingerprint density at radius 3 is 2.61 bits per heavy atom. The average molecular weight is 443 g/mol. The summed E-state index contributed by atoms with van der Waals surface area (Å²) in [4.78, 5) is 15.4. The Labute approximate surface area is 193 Å². The molecule has 0 saturated heterocycles. The zero-order valence-electron chi connectivity index (χ0n) is 18.9. The van der Waals surface area contributed by atoms with E-state index in [0.717, 1.165) is 29.0 Å². The third-order valence-corrected chi connectivity index (χ3v) is 5.98. The molecule has 0 N–H and O–H groups in total. The van der Waals surface area contributed by atoms with E-state index >= 15 is 0 Å². The number of nitrogens with zero attached hydrogens (tertiary/aromatic N) is 1. The molecule has 0 amide bonds. The maximum atomic E-state index is 13.2. The van der Waals surface area contributed by atoms with Gasteiger partial charge in [-0.3, -0.25) is 9.69 Å². The third-order valence-electron chi connectivity index (χ3n) is 5.98. The highest BCUT2D eigenvalue weighted by Crippen LogP contribution is 2.43. The van der Waals surface area contributed by atoms with Crippen LogP contribution in [0.15, 0.2) is 60.4 Å². The van der Waals surface area contributed by atoms with Gasteiger partial charge in [-0.2, -0.15) is 0 Å². The number of ether oxygens (including phenoxy) is 4. The van der Waals surface area contributed by atoms with Gasteiger partial charge in [0.05, 0.1) is 19.8 Å². The highest BCUT2D eigenvalue weighted by atomic mass is 16.5. The molecule has 0 saturated carbocycles. The summed E-state index contributed by atoms with van der Waals surface area (Å²) in [6.45, 7) is 3.91.